The number of nitriles is 1. The molecule has 2 amide bonds. The average molecular weight is 502 g/mol. The number of rotatable bonds is 8. The molecule has 4 aromatic rings. The lowest BCUT2D eigenvalue weighted by Crippen LogP contribution is -2.19. The number of pyridine rings is 1. The van der Waals surface area contributed by atoms with Crippen LogP contribution in [0.3, 0.4) is 0 Å². The Kier molecular flexibility index (Phi) is 7.73. The third-order valence-electron chi connectivity index (χ3n) is 5.50. The van der Waals surface area contributed by atoms with Crippen molar-refractivity contribution in [1.82, 2.24) is 4.98 Å². The summed E-state index contributed by atoms with van der Waals surface area (Å²) in [5, 5.41) is 19.8. The number of carbonyl (C=O) groups is 1. The molecule has 0 aliphatic rings. The number of fused-ring (bicyclic) bond motifs is 1. The van der Waals surface area contributed by atoms with Crippen LogP contribution in [0.25, 0.3) is 10.9 Å². The molecule has 9 heteroatoms. The topological polar surface area (TPSA) is 108 Å². The van der Waals surface area contributed by atoms with Crippen LogP contribution in [0.5, 0.6) is 11.5 Å². The predicted molar refractivity (Wildman–Crippen MR) is 142 cm³/mol. The number of methoxy groups -OCH3 is 2. The Labute approximate surface area is 213 Å². The van der Waals surface area contributed by atoms with E-state index in [1.54, 1.807) is 50.7 Å². The van der Waals surface area contributed by atoms with Crippen LogP contribution in [0.15, 0.2) is 66.9 Å². The molecule has 0 saturated heterocycles. The van der Waals surface area contributed by atoms with Crippen LogP contribution >= 0.6 is 11.6 Å². The molecule has 0 aliphatic heterocycles. The van der Waals surface area contributed by atoms with Gasteiger partial charge < -0.3 is 25.4 Å². The van der Waals surface area contributed by atoms with Gasteiger partial charge in [-0.25, -0.2) is 4.79 Å². The Balaban J connectivity index is 1.40. The Bertz CT molecular complexity index is 1430. The SMILES string of the molecule is COc1cc2ncc(C#N)c(NCCc3ccc(NC(=O)Nc4cccc(Cl)c4)cc3)c2cc1OC. The minimum absolute atomic E-state index is 0.354. The second-order valence-electron chi connectivity index (χ2n) is 7.85. The van der Waals surface area contributed by atoms with E-state index >= 15 is 0 Å². The highest BCUT2D eigenvalue weighted by atomic mass is 35.5. The Morgan fingerprint density at radius 1 is 1.00 bits per heavy atom. The lowest BCUT2D eigenvalue weighted by atomic mass is 10.1. The van der Waals surface area contributed by atoms with Crippen molar-refractivity contribution in [2.75, 3.05) is 36.7 Å². The number of anilines is 3. The molecule has 36 heavy (non-hydrogen) atoms. The summed E-state index contributed by atoms with van der Waals surface area (Å²) in [4.78, 5) is 16.6. The van der Waals surface area contributed by atoms with E-state index in [9.17, 15) is 10.1 Å². The lowest BCUT2D eigenvalue weighted by Gasteiger charge is -2.14. The summed E-state index contributed by atoms with van der Waals surface area (Å²) >= 11 is 5.95. The van der Waals surface area contributed by atoms with E-state index in [1.165, 1.54) is 0 Å². The minimum Gasteiger partial charge on any atom is -0.493 e. The molecule has 0 aliphatic carbocycles. The van der Waals surface area contributed by atoms with Crippen molar-refractivity contribution in [3.05, 3.63) is 83.0 Å². The number of hydrogen-bond acceptors (Lipinski definition) is 6. The molecular weight excluding hydrogens is 478 g/mol. The number of hydrogen-bond donors (Lipinski definition) is 3. The summed E-state index contributed by atoms with van der Waals surface area (Å²) in [7, 11) is 3.14. The van der Waals surface area contributed by atoms with Gasteiger partial charge in [-0.05, 0) is 48.4 Å². The first-order valence-electron chi connectivity index (χ1n) is 11.1. The molecule has 182 valence electrons. The lowest BCUT2D eigenvalue weighted by molar-refractivity contribution is 0.262. The molecule has 3 N–H and O–H groups in total. The van der Waals surface area contributed by atoms with Gasteiger partial charge in [0.2, 0.25) is 0 Å². The molecule has 1 heterocycles. The monoisotopic (exact) mass is 501 g/mol. The van der Waals surface area contributed by atoms with Crippen LogP contribution in [0, 0.1) is 11.3 Å². The number of ether oxygens (including phenoxy) is 2. The van der Waals surface area contributed by atoms with Crippen LogP contribution in [0.4, 0.5) is 21.9 Å². The molecule has 1 aromatic heterocycles. The summed E-state index contributed by atoms with van der Waals surface area (Å²) in [6.45, 7) is 0.587. The van der Waals surface area contributed by atoms with Gasteiger partial charge in [-0.2, -0.15) is 5.26 Å². The van der Waals surface area contributed by atoms with Crippen molar-refractivity contribution >= 4 is 45.6 Å². The summed E-state index contributed by atoms with van der Waals surface area (Å²) in [6.07, 6.45) is 2.25. The van der Waals surface area contributed by atoms with Crippen molar-refractivity contribution in [3.63, 3.8) is 0 Å². The predicted octanol–water partition coefficient (Wildman–Crippen LogP) is 6.08. The smallest absolute Gasteiger partial charge is 0.323 e. The molecule has 3 aromatic carbocycles. The number of amides is 2. The molecule has 0 radical (unpaired) electrons. The quantitative estimate of drug-likeness (QED) is 0.270. The maximum absolute atomic E-state index is 12.2. The second kappa shape index (κ2) is 11.3. The Morgan fingerprint density at radius 2 is 1.72 bits per heavy atom. The van der Waals surface area contributed by atoms with Gasteiger partial charge in [0, 0.05) is 40.6 Å². The number of nitrogens with one attached hydrogen (secondary N) is 3. The fourth-order valence-electron chi connectivity index (χ4n) is 3.74. The van der Waals surface area contributed by atoms with Gasteiger partial charge >= 0.3 is 6.03 Å². The van der Waals surface area contributed by atoms with E-state index < -0.39 is 0 Å². The fraction of sp³-hybridized carbons (Fsp3) is 0.148. The molecule has 8 nitrogen and oxygen atoms in total. The maximum Gasteiger partial charge on any atom is 0.323 e. The number of halogens is 1. The van der Waals surface area contributed by atoms with Crippen LogP contribution in [0.1, 0.15) is 11.1 Å². The zero-order chi connectivity index (χ0) is 25.5. The molecule has 0 spiro atoms. The highest BCUT2D eigenvalue weighted by Crippen LogP contribution is 2.35. The van der Waals surface area contributed by atoms with E-state index in [1.807, 2.05) is 30.3 Å². The normalized spacial score (nSPS) is 10.4. The van der Waals surface area contributed by atoms with Crippen LogP contribution in [-0.2, 0) is 6.42 Å². The minimum atomic E-state index is -0.354. The largest absolute Gasteiger partial charge is 0.493 e. The van der Waals surface area contributed by atoms with E-state index in [0.717, 1.165) is 10.9 Å². The first-order valence-corrected chi connectivity index (χ1v) is 11.5. The van der Waals surface area contributed by atoms with E-state index in [0.29, 0.717) is 57.6 Å². The second-order valence-corrected chi connectivity index (χ2v) is 8.28. The molecule has 0 unspecified atom stereocenters. The zero-order valence-corrected chi connectivity index (χ0v) is 20.5. The number of urea groups is 1. The van der Waals surface area contributed by atoms with Gasteiger partial charge in [0.15, 0.2) is 11.5 Å². The van der Waals surface area contributed by atoms with Crippen LogP contribution in [0.2, 0.25) is 5.02 Å². The fourth-order valence-corrected chi connectivity index (χ4v) is 3.93. The third kappa shape index (κ3) is 5.77. The third-order valence-corrected chi connectivity index (χ3v) is 5.74. The standard InChI is InChI=1S/C27H24ClN5O3/c1-35-24-13-22-23(14-25(24)36-2)31-16-18(15-29)26(22)30-11-10-17-6-8-20(9-7-17)32-27(34)33-21-5-3-4-19(28)12-21/h3-9,12-14,16H,10-11H2,1-2H3,(H,30,31)(H2,32,33,34). The zero-order valence-electron chi connectivity index (χ0n) is 19.8. The molecule has 0 saturated carbocycles. The Hall–Kier alpha value is -4.48. The van der Waals surface area contributed by atoms with Gasteiger partial charge in [0.25, 0.3) is 0 Å². The van der Waals surface area contributed by atoms with Crippen molar-refractivity contribution in [2.24, 2.45) is 0 Å². The first kappa shape index (κ1) is 24.6. The van der Waals surface area contributed by atoms with Gasteiger partial charge in [-0.3, -0.25) is 4.98 Å². The number of aromatic nitrogens is 1. The highest BCUT2D eigenvalue weighted by Gasteiger charge is 2.13. The summed E-state index contributed by atoms with van der Waals surface area (Å²) in [6, 6.07) is 20.0. The maximum atomic E-state index is 12.2. The van der Waals surface area contributed by atoms with E-state index in [2.05, 4.69) is 27.0 Å². The van der Waals surface area contributed by atoms with Crippen molar-refractivity contribution < 1.29 is 14.3 Å². The van der Waals surface area contributed by atoms with E-state index in [-0.39, 0.29) is 6.03 Å². The molecule has 0 atom stereocenters. The van der Waals surface area contributed by atoms with Crippen molar-refractivity contribution in [3.8, 4) is 17.6 Å². The van der Waals surface area contributed by atoms with Crippen LogP contribution in [-0.4, -0.2) is 31.8 Å². The summed E-state index contributed by atoms with van der Waals surface area (Å²) in [5.41, 5.74) is 4.18. The molecular formula is C27H24ClN5O3. The Morgan fingerprint density at radius 3 is 2.42 bits per heavy atom. The highest BCUT2D eigenvalue weighted by molar-refractivity contribution is 6.30. The van der Waals surface area contributed by atoms with Gasteiger partial charge in [0.1, 0.15) is 6.07 Å². The first-order chi connectivity index (χ1) is 17.5. The van der Waals surface area contributed by atoms with Gasteiger partial charge in [-0.15, -0.1) is 0 Å². The van der Waals surface area contributed by atoms with Crippen molar-refractivity contribution in [2.45, 2.75) is 6.42 Å². The molecule has 0 fully saturated rings. The van der Waals surface area contributed by atoms with Gasteiger partial charge in [-0.1, -0.05) is 29.8 Å². The summed E-state index contributed by atoms with van der Waals surface area (Å²) < 4.78 is 10.8. The number of benzene rings is 3. The molecule has 0 bridgehead atoms. The number of carbonyl (C=O) groups excluding carboxylic acids is 1. The van der Waals surface area contributed by atoms with E-state index in [4.69, 9.17) is 21.1 Å². The summed E-state index contributed by atoms with van der Waals surface area (Å²) in [5.74, 6) is 1.13. The average Bonchev–Trinajstić information content (AvgIpc) is 2.88. The number of nitrogens with zero attached hydrogens (tertiary/aromatic N) is 2. The van der Waals surface area contributed by atoms with Crippen LogP contribution < -0.4 is 25.4 Å². The molecule has 4 rings (SSSR count). The van der Waals surface area contributed by atoms with Crippen molar-refractivity contribution in [1.29, 1.82) is 5.26 Å². The van der Waals surface area contributed by atoms with Gasteiger partial charge in [0.05, 0.1) is 31.0 Å².